The first kappa shape index (κ1) is 16.1. The van der Waals surface area contributed by atoms with E-state index in [1.165, 1.54) is 18.3 Å². The summed E-state index contributed by atoms with van der Waals surface area (Å²) in [6.07, 6.45) is 3.80. The Morgan fingerprint density at radius 3 is 2.83 bits per heavy atom. The third kappa shape index (κ3) is 3.13. The smallest absolute Gasteiger partial charge is 0.169 e. The van der Waals surface area contributed by atoms with Crippen LogP contribution in [0.3, 0.4) is 0 Å². The van der Waals surface area contributed by atoms with Gasteiger partial charge in [0, 0.05) is 28.1 Å². The number of H-pyrrole nitrogens is 1. The van der Waals surface area contributed by atoms with Gasteiger partial charge in [-0.3, -0.25) is 4.79 Å². The molecule has 24 heavy (non-hydrogen) atoms. The molecule has 3 aromatic rings. The summed E-state index contributed by atoms with van der Waals surface area (Å²) in [7, 11) is 0. The number of carbonyl (C=O) groups excluding carboxylic acids is 1. The van der Waals surface area contributed by atoms with Gasteiger partial charge in [-0.2, -0.15) is 0 Å². The van der Waals surface area contributed by atoms with Crippen molar-refractivity contribution in [3.8, 4) is 0 Å². The molecule has 1 aromatic heterocycles. The van der Waals surface area contributed by atoms with E-state index >= 15 is 0 Å². The molecule has 4 heteroatoms. The number of fused-ring (bicyclic) bond motifs is 1. The van der Waals surface area contributed by atoms with Crippen molar-refractivity contribution in [2.45, 2.75) is 19.8 Å². The van der Waals surface area contributed by atoms with Crippen LogP contribution in [0, 0.1) is 16.6 Å². The van der Waals surface area contributed by atoms with E-state index in [9.17, 15) is 9.18 Å². The molecule has 0 bridgehead atoms. The topological polar surface area (TPSA) is 56.7 Å². The van der Waals surface area contributed by atoms with Crippen molar-refractivity contribution in [3.05, 3.63) is 71.7 Å². The van der Waals surface area contributed by atoms with Gasteiger partial charge in [0.05, 0.1) is 0 Å². The first-order chi connectivity index (χ1) is 11.5. The minimum atomic E-state index is -0.778. The average Bonchev–Trinajstić information content (AvgIpc) is 3.01. The molecule has 0 spiro atoms. The molecule has 0 radical (unpaired) electrons. The van der Waals surface area contributed by atoms with Gasteiger partial charge in [0.1, 0.15) is 5.82 Å². The lowest BCUT2D eigenvalue weighted by atomic mass is 9.75. The molecule has 0 aliphatic rings. The van der Waals surface area contributed by atoms with E-state index in [0.29, 0.717) is 18.4 Å². The summed E-state index contributed by atoms with van der Waals surface area (Å²) in [5.41, 5.74) is 1.57. The van der Waals surface area contributed by atoms with Gasteiger partial charge in [0.25, 0.3) is 0 Å². The van der Waals surface area contributed by atoms with E-state index in [1.807, 2.05) is 37.4 Å². The molecule has 0 fully saturated rings. The molecular formula is C20H19FN2O. The summed E-state index contributed by atoms with van der Waals surface area (Å²) in [4.78, 5) is 16.2. The fraction of sp³-hybridized carbons (Fsp3) is 0.200. The van der Waals surface area contributed by atoms with Gasteiger partial charge in [-0.15, -0.1) is 0 Å². The monoisotopic (exact) mass is 322 g/mol. The number of Topliss-reactive ketones (excluding diaryl/α,β-unsaturated/α-hetero) is 1. The average molecular weight is 322 g/mol. The van der Waals surface area contributed by atoms with Crippen LogP contribution in [0.25, 0.3) is 10.9 Å². The van der Waals surface area contributed by atoms with Crippen LogP contribution in [0.5, 0.6) is 0 Å². The quantitative estimate of drug-likeness (QED) is 0.498. The first-order valence-corrected chi connectivity index (χ1v) is 7.87. The van der Waals surface area contributed by atoms with Crippen molar-refractivity contribution in [1.29, 1.82) is 5.41 Å². The number of halogens is 1. The number of aromatic amines is 1. The second-order valence-electron chi connectivity index (χ2n) is 6.38. The zero-order chi connectivity index (χ0) is 17.2. The maximum Gasteiger partial charge on any atom is 0.169 e. The van der Waals surface area contributed by atoms with Crippen LogP contribution in [0.1, 0.15) is 29.3 Å². The molecule has 3 nitrogen and oxygen atoms in total. The van der Waals surface area contributed by atoms with Crippen LogP contribution in [-0.2, 0) is 6.42 Å². The number of aromatic nitrogens is 1. The van der Waals surface area contributed by atoms with Gasteiger partial charge in [0.15, 0.2) is 5.78 Å². The Labute approximate surface area is 140 Å². The minimum absolute atomic E-state index is 0.0293. The summed E-state index contributed by atoms with van der Waals surface area (Å²) < 4.78 is 13.5. The SMILES string of the molecule is CC(CC=N)(Cc1cccc(F)c1)C(=O)c1ccc2[nH]ccc2c1. The maximum atomic E-state index is 13.5. The van der Waals surface area contributed by atoms with Gasteiger partial charge < -0.3 is 10.4 Å². The van der Waals surface area contributed by atoms with E-state index < -0.39 is 5.41 Å². The summed E-state index contributed by atoms with van der Waals surface area (Å²) >= 11 is 0. The Balaban J connectivity index is 1.95. The Kier molecular flexibility index (Phi) is 4.30. The standard InChI is InChI=1S/C20H19FN2O/c1-20(8-9-22,13-14-3-2-4-17(21)11-14)19(24)16-5-6-18-15(12-16)7-10-23-18/h2-7,9-12,22-23H,8,13H2,1H3. The molecule has 2 aromatic carbocycles. The molecule has 0 aliphatic heterocycles. The lowest BCUT2D eigenvalue weighted by molar-refractivity contribution is 0.0824. The summed E-state index contributed by atoms with van der Waals surface area (Å²) in [6.45, 7) is 1.84. The van der Waals surface area contributed by atoms with Crippen LogP contribution < -0.4 is 0 Å². The van der Waals surface area contributed by atoms with Crippen LogP contribution in [0.15, 0.2) is 54.7 Å². The molecule has 1 heterocycles. The Morgan fingerprint density at radius 1 is 1.25 bits per heavy atom. The fourth-order valence-electron chi connectivity index (χ4n) is 3.11. The second-order valence-corrected chi connectivity index (χ2v) is 6.38. The summed E-state index contributed by atoms with van der Waals surface area (Å²) in [5, 5.41) is 8.45. The molecule has 3 rings (SSSR count). The van der Waals surface area contributed by atoms with Crippen LogP contribution in [0.4, 0.5) is 4.39 Å². The number of hydrogen-bond donors (Lipinski definition) is 2. The number of carbonyl (C=O) groups is 1. The van der Waals surface area contributed by atoms with Crippen molar-refractivity contribution in [1.82, 2.24) is 4.98 Å². The zero-order valence-electron chi connectivity index (χ0n) is 13.5. The molecule has 1 atom stereocenters. The Morgan fingerprint density at radius 2 is 2.08 bits per heavy atom. The van der Waals surface area contributed by atoms with Crippen molar-refractivity contribution >= 4 is 22.9 Å². The predicted molar refractivity (Wildman–Crippen MR) is 94.2 cm³/mol. The van der Waals surface area contributed by atoms with Crippen LogP contribution >= 0.6 is 0 Å². The molecule has 2 N–H and O–H groups in total. The highest BCUT2D eigenvalue weighted by atomic mass is 19.1. The van der Waals surface area contributed by atoms with Crippen molar-refractivity contribution in [2.75, 3.05) is 0 Å². The molecule has 0 saturated carbocycles. The van der Waals surface area contributed by atoms with E-state index in [-0.39, 0.29) is 11.6 Å². The third-order valence-electron chi connectivity index (χ3n) is 4.40. The van der Waals surface area contributed by atoms with Gasteiger partial charge in [0.2, 0.25) is 0 Å². The maximum absolute atomic E-state index is 13.5. The van der Waals surface area contributed by atoms with E-state index in [1.54, 1.807) is 12.1 Å². The number of hydrogen-bond acceptors (Lipinski definition) is 2. The van der Waals surface area contributed by atoms with Crippen LogP contribution in [0.2, 0.25) is 0 Å². The van der Waals surface area contributed by atoms with E-state index in [4.69, 9.17) is 5.41 Å². The van der Waals surface area contributed by atoms with Crippen molar-refractivity contribution < 1.29 is 9.18 Å². The van der Waals surface area contributed by atoms with Crippen molar-refractivity contribution in [3.63, 3.8) is 0 Å². The molecule has 0 saturated heterocycles. The summed E-state index contributed by atoms with van der Waals surface area (Å²) in [5.74, 6) is -0.343. The number of nitrogens with one attached hydrogen (secondary N) is 2. The van der Waals surface area contributed by atoms with Gasteiger partial charge in [-0.25, -0.2) is 4.39 Å². The van der Waals surface area contributed by atoms with E-state index in [2.05, 4.69) is 4.98 Å². The number of benzene rings is 2. The molecule has 0 amide bonds. The van der Waals surface area contributed by atoms with Gasteiger partial charge in [-0.1, -0.05) is 19.1 Å². The van der Waals surface area contributed by atoms with Gasteiger partial charge >= 0.3 is 0 Å². The summed E-state index contributed by atoms with van der Waals surface area (Å²) in [6, 6.07) is 13.8. The normalized spacial score (nSPS) is 13.6. The lowest BCUT2D eigenvalue weighted by Gasteiger charge is -2.27. The molecule has 1 unspecified atom stereocenters. The number of ketones is 1. The van der Waals surface area contributed by atoms with Crippen molar-refractivity contribution in [2.24, 2.45) is 5.41 Å². The minimum Gasteiger partial charge on any atom is -0.361 e. The highest BCUT2D eigenvalue weighted by molar-refractivity contribution is 6.04. The van der Waals surface area contributed by atoms with E-state index in [0.717, 1.165) is 16.5 Å². The fourth-order valence-corrected chi connectivity index (χ4v) is 3.11. The zero-order valence-corrected chi connectivity index (χ0v) is 13.5. The third-order valence-corrected chi connectivity index (χ3v) is 4.40. The second kappa shape index (κ2) is 6.40. The first-order valence-electron chi connectivity index (χ1n) is 7.87. The van der Waals surface area contributed by atoms with Crippen LogP contribution in [-0.4, -0.2) is 17.0 Å². The Hall–Kier alpha value is -2.75. The highest BCUT2D eigenvalue weighted by Crippen LogP contribution is 2.31. The molecular weight excluding hydrogens is 303 g/mol. The molecule has 0 aliphatic carbocycles. The highest BCUT2D eigenvalue weighted by Gasteiger charge is 2.33. The largest absolute Gasteiger partial charge is 0.361 e. The predicted octanol–water partition coefficient (Wildman–Crippen LogP) is 4.78. The Bertz CT molecular complexity index is 899. The van der Waals surface area contributed by atoms with Gasteiger partial charge in [-0.05, 0) is 61.0 Å². The molecule has 122 valence electrons. The number of rotatable bonds is 6. The lowest BCUT2D eigenvalue weighted by Crippen LogP contribution is -2.31.